The van der Waals surface area contributed by atoms with Crippen molar-refractivity contribution in [3.05, 3.63) is 69.8 Å². The fourth-order valence-corrected chi connectivity index (χ4v) is 3.60. The second-order valence-electron chi connectivity index (χ2n) is 7.51. The Morgan fingerprint density at radius 3 is 2.20 bits per heavy atom. The van der Waals surface area contributed by atoms with E-state index in [2.05, 4.69) is 33.0 Å². The van der Waals surface area contributed by atoms with E-state index in [1.54, 1.807) is 13.0 Å². The number of Topliss-reactive ketones (excluding diaryl/α,β-unsaturated/α-hetero) is 1. The van der Waals surface area contributed by atoms with E-state index in [9.17, 15) is 14.7 Å². The molecule has 2 N–H and O–H groups in total. The molecule has 0 saturated carbocycles. The highest BCUT2D eigenvalue weighted by Gasteiger charge is 2.14. The van der Waals surface area contributed by atoms with Crippen molar-refractivity contribution in [2.45, 2.75) is 34.6 Å². The summed E-state index contributed by atoms with van der Waals surface area (Å²) in [6, 6.07) is 10.1. The van der Waals surface area contributed by atoms with Crippen molar-refractivity contribution in [3.8, 4) is 11.5 Å². The number of carbonyl (C=O) groups is 2. The maximum absolute atomic E-state index is 12.7. The van der Waals surface area contributed by atoms with Crippen molar-refractivity contribution < 1.29 is 19.4 Å². The fourth-order valence-electron chi connectivity index (χ4n) is 3.60. The topological polar surface area (TPSA) is 75.6 Å². The van der Waals surface area contributed by atoms with Crippen LogP contribution in [0.1, 0.15) is 49.9 Å². The molecule has 3 aromatic rings. The van der Waals surface area contributed by atoms with Gasteiger partial charge in [-0.3, -0.25) is 9.59 Å². The quantitative estimate of drug-likeness (QED) is 0.578. The Labute approximate surface area is 176 Å². The van der Waals surface area contributed by atoms with Gasteiger partial charge in [-0.05, 0) is 85.8 Å². The van der Waals surface area contributed by atoms with Crippen LogP contribution in [0.3, 0.4) is 0 Å². The number of ether oxygens (including phenoxy) is 1. The molecule has 0 fully saturated rings. The minimum atomic E-state index is -0.356. The molecule has 0 saturated heterocycles. The minimum absolute atomic E-state index is 0.153. The zero-order valence-corrected chi connectivity index (χ0v) is 18.1. The molecule has 0 aliphatic carbocycles. The van der Waals surface area contributed by atoms with E-state index >= 15 is 0 Å². The third-order valence-electron chi connectivity index (χ3n) is 5.76. The van der Waals surface area contributed by atoms with Gasteiger partial charge in [-0.2, -0.15) is 0 Å². The van der Waals surface area contributed by atoms with Crippen molar-refractivity contribution in [2.24, 2.45) is 0 Å². The molecule has 3 rings (SSSR count). The Morgan fingerprint density at radius 1 is 0.900 bits per heavy atom. The molecule has 0 bridgehead atoms. The lowest BCUT2D eigenvalue weighted by Crippen LogP contribution is -2.22. The summed E-state index contributed by atoms with van der Waals surface area (Å²) < 4.78 is 5.57. The van der Waals surface area contributed by atoms with Gasteiger partial charge in [-0.15, -0.1) is 0 Å². The predicted molar refractivity (Wildman–Crippen MR) is 119 cm³/mol. The lowest BCUT2D eigenvalue weighted by atomic mass is 9.90. The van der Waals surface area contributed by atoms with Crippen LogP contribution < -0.4 is 10.1 Å². The first kappa shape index (κ1) is 21.4. The number of nitrogens with one attached hydrogen (secondary N) is 1. The number of fused-ring (bicyclic) bond motifs is 1. The van der Waals surface area contributed by atoms with Crippen LogP contribution in [0.2, 0.25) is 0 Å². The maximum Gasteiger partial charge on any atom is 0.255 e. The summed E-state index contributed by atoms with van der Waals surface area (Å²) in [5, 5.41) is 14.9. The largest absolute Gasteiger partial charge is 0.507 e. The van der Waals surface area contributed by atoms with Crippen molar-refractivity contribution >= 4 is 22.5 Å². The number of aromatic hydroxyl groups is 1. The van der Waals surface area contributed by atoms with Gasteiger partial charge < -0.3 is 15.2 Å². The number of carbonyl (C=O) groups excluding carboxylic acids is 2. The number of phenols is 1. The highest BCUT2D eigenvalue weighted by atomic mass is 16.5. The SMILES string of the molecule is CCNC(=O)c1ccc(OCC(=O)c2ccc3c(C)c(C)c(C)c(C)c3c2)cc1O. The van der Waals surface area contributed by atoms with Gasteiger partial charge >= 0.3 is 0 Å². The van der Waals surface area contributed by atoms with Crippen molar-refractivity contribution in [2.75, 3.05) is 13.2 Å². The van der Waals surface area contributed by atoms with E-state index in [-0.39, 0.29) is 29.6 Å². The average Bonchev–Trinajstić information content (AvgIpc) is 2.74. The second kappa shape index (κ2) is 8.57. The summed E-state index contributed by atoms with van der Waals surface area (Å²) in [6.45, 7) is 10.5. The zero-order valence-electron chi connectivity index (χ0n) is 18.1. The molecule has 0 atom stereocenters. The Morgan fingerprint density at radius 2 is 1.57 bits per heavy atom. The van der Waals surface area contributed by atoms with Crippen molar-refractivity contribution in [1.29, 1.82) is 0 Å². The molecule has 0 unspecified atom stereocenters. The van der Waals surface area contributed by atoms with Gasteiger partial charge in [0.05, 0.1) is 5.56 Å². The summed E-state index contributed by atoms with van der Waals surface area (Å²) in [5.74, 6) is -0.369. The zero-order chi connectivity index (χ0) is 22.0. The van der Waals surface area contributed by atoms with E-state index in [0.29, 0.717) is 17.9 Å². The van der Waals surface area contributed by atoms with Gasteiger partial charge in [0.25, 0.3) is 5.91 Å². The van der Waals surface area contributed by atoms with Gasteiger partial charge in [0.15, 0.2) is 12.4 Å². The lowest BCUT2D eigenvalue weighted by molar-refractivity contribution is 0.0918. The smallest absolute Gasteiger partial charge is 0.255 e. The van der Waals surface area contributed by atoms with Gasteiger partial charge in [-0.1, -0.05) is 12.1 Å². The fraction of sp³-hybridized carbons (Fsp3) is 0.280. The number of hydrogen-bond donors (Lipinski definition) is 2. The monoisotopic (exact) mass is 405 g/mol. The summed E-state index contributed by atoms with van der Waals surface area (Å²) in [4.78, 5) is 24.6. The van der Waals surface area contributed by atoms with Crippen LogP contribution in [0.15, 0.2) is 36.4 Å². The first-order valence-electron chi connectivity index (χ1n) is 10.0. The van der Waals surface area contributed by atoms with Crippen LogP contribution in [0.4, 0.5) is 0 Å². The Hall–Kier alpha value is -3.34. The molecule has 0 radical (unpaired) electrons. The second-order valence-corrected chi connectivity index (χ2v) is 7.51. The van der Waals surface area contributed by atoms with Gasteiger partial charge in [0, 0.05) is 18.2 Å². The van der Waals surface area contributed by atoms with Crippen molar-refractivity contribution in [1.82, 2.24) is 5.32 Å². The summed E-state index contributed by atoms with van der Waals surface area (Å²) >= 11 is 0. The molecule has 3 aromatic carbocycles. The number of amides is 1. The molecule has 0 aliphatic heterocycles. The number of ketones is 1. The van der Waals surface area contributed by atoms with E-state index in [0.717, 1.165) is 10.8 Å². The number of benzene rings is 3. The third kappa shape index (κ3) is 4.01. The molecule has 0 spiro atoms. The normalized spacial score (nSPS) is 10.8. The minimum Gasteiger partial charge on any atom is -0.507 e. The third-order valence-corrected chi connectivity index (χ3v) is 5.76. The highest BCUT2D eigenvalue weighted by molar-refractivity contribution is 6.02. The van der Waals surface area contributed by atoms with Crippen LogP contribution >= 0.6 is 0 Å². The van der Waals surface area contributed by atoms with Crippen LogP contribution in [0.5, 0.6) is 11.5 Å². The summed E-state index contributed by atoms with van der Waals surface area (Å²) in [7, 11) is 0. The number of phenolic OH excluding ortho intramolecular Hbond substituents is 1. The van der Waals surface area contributed by atoms with Crippen molar-refractivity contribution in [3.63, 3.8) is 0 Å². The van der Waals surface area contributed by atoms with E-state index in [1.807, 2.05) is 18.2 Å². The molecule has 1 amide bonds. The molecular formula is C25H27NO4. The average molecular weight is 405 g/mol. The highest BCUT2D eigenvalue weighted by Crippen LogP contribution is 2.30. The van der Waals surface area contributed by atoms with E-state index in [1.165, 1.54) is 34.4 Å². The number of rotatable bonds is 6. The Bertz CT molecular complexity index is 1150. The lowest BCUT2D eigenvalue weighted by Gasteiger charge is -2.15. The van der Waals surface area contributed by atoms with Crippen LogP contribution in [-0.4, -0.2) is 29.9 Å². The summed E-state index contributed by atoms with van der Waals surface area (Å²) in [5.41, 5.74) is 5.67. The van der Waals surface area contributed by atoms with Crippen LogP contribution in [-0.2, 0) is 0 Å². The van der Waals surface area contributed by atoms with E-state index < -0.39 is 0 Å². The molecule has 0 heterocycles. The molecular weight excluding hydrogens is 378 g/mol. The molecule has 156 valence electrons. The van der Waals surface area contributed by atoms with Gasteiger partial charge in [0.2, 0.25) is 0 Å². The molecule has 30 heavy (non-hydrogen) atoms. The predicted octanol–water partition coefficient (Wildman–Crippen LogP) is 4.79. The molecule has 0 aromatic heterocycles. The molecule has 5 nitrogen and oxygen atoms in total. The number of aryl methyl sites for hydroxylation is 2. The number of hydrogen-bond acceptors (Lipinski definition) is 4. The Balaban J connectivity index is 1.79. The van der Waals surface area contributed by atoms with Crippen LogP contribution in [0, 0.1) is 27.7 Å². The standard InChI is InChI=1S/C25H27NO4/c1-6-26-25(29)21-10-8-19(12-23(21)27)30-13-24(28)18-7-9-20-16(4)14(2)15(3)17(5)22(20)11-18/h7-12,27H,6,13H2,1-5H3,(H,26,29). The molecule has 5 heteroatoms. The van der Waals surface area contributed by atoms with E-state index in [4.69, 9.17) is 4.74 Å². The maximum atomic E-state index is 12.7. The summed E-state index contributed by atoms with van der Waals surface area (Å²) in [6.07, 6.45) is 0. The van der Waals surface area contributed by atoms with Crippen LogP contribution in [0.25, 0.3) is 10.8 Å². The first-order valence-corrected chi connectivity index (χ1v) is 10.0. The molecule has 0 aliphatic rings. The van der Waals surface area contributed by atoms with Gasteiger partial charge in [-0.25, -0.2) is 0 Å². The first-order chi connectivity index (χ1) is 14.2. The Kier molecular flexibility index (Phi) is 6.11. The van der Waals surface area contributed by atoms with Gasteiger partial charge in [0.1, 0.15) is 11.5 Å².